The molecule has 0 radical (unpaired) electrons. The third kappa shape index (κ3) is 9.71. The molecule has 2 heterocycles. The number of likely N-dealkylation sites (tertiary alicyclic amines) is 1. The average Bonchev–Trinajstić information content (AvgIpc) is 3.72. The molecule has 1 saturated heterocycles. The van der Waals surface area contributed by atoms with Crippen LogP contribution in [0.1, 0.15) is 35.0 Å². The van der Waals surface area contributed by atoms with Crippen LogP contribution in [0.2, 0.25) is 24.7 Å². The van der Waals surface area contributed by atoms with Gasteiger partial charge in [-0.3, -0.25) is 14.4 Å². The van der Waals surface area contributed by atoms with E-state index in [1.165, 1.54) is 23.2 Å². The quantitative estimate of drug-likeness (QED) is 0.0269. The van der Waals surface area contributed by atoms with Crippen molar-refractivity contribution in [2.45, 2.75) is 58.1 Å². The van der Waals surface area contributed by atoms with Crippen molar-refractivity contribution >= 4 is 77.8 Å². The fraction of sp³-hybridized carbons (Fsp3) is 0.239. The molecule has 0 spiro atoms. The maximum atomic E-state index is 15.0. The summed E-state index contributed by atoms with van der Waals surface area (Å²) in [5.74, 6) is -2.60. The van der Waals surface area contributed by atoms with Crippen molar-refractivity contribution < 1.29 is 38.2 Å². The van der Waals surface area contributed by atoms with Crippen molar-refractivity contribution in [3.8, 4) is 0 Å². The zero-order valence-electron chi connectivity index (χ0n) is 34.4. The summed E-state index contributed by atoms with van der Waals surface area (Å²) >= 11 is 6.70. The summed E-state index contributed by atoms with van der Waals surface area (Å²) < 4.78 is 13.3. The van der Waals surface area contributed by atoms with Crippen LogP contribution in [0, 0.1) is 5.92 Å². The van der Waals surface area contributed by atoms with Gasteiger partial charge in [0.15, 0.2) is 14.1 Å². The Morgan fingerprint density at radius 1 is 0.934 bits per heavy atom. The Balaban J connectivity index is 1.44. The number of esters is 1. The zero-order valence-corrected chi connectivity index (χ0v) is 37.0. The minimum absolute atomic E-state index is 0.0700. The maximum Gasteiger partial charge on any atom is 0.417 e. The number of aromatic nitrogens is 2. The predicted octanol–water partition coefficient (Wildman–Crippen LogP) is 6.41. The summed E-state index contributed by atoms with van der Waals surface area (Å²) in [5.41, 5.74) is 1.12. The molecule has 1 aliphatic rings. The SMILES string of the molecule is C=CCOC(=O)C(N1C(=O)[C@H]([C@@H](C)O[Si](C)(C)C)[C@H]1CC(=O)c1ccc(CC(=O)NCc2cncn2C(=O)O)c(Cl)c1)=P(c1ccccc1)(c1ccccc1)c1ccccc1. The lowest BCUT2D eigenvalue weighted by Crippen LogP contribution is -2.69. The Kier molecular flexibility index (Phi) is 14.1. The van der Waals surface area contributed by atoms with E-state index in [1.54, 1.807) is 12.1 Å². The first-order valence-electron chi connectivity index (χ1n) is 19.7. The van der Waals surface area contributed by atoms with E-state index >= 15 is 0 Å². The van der Waals surface area contributed by atoms with Crippen molar-refractivity contribution in [2.75, 3.05) is 6.61 Å². The van der Waals surface area contributed by atoms with Crippen LogP contribution < -0.4 is 21.2 Å². The summed E-state index contributed by atoms with van der Waals surface area (Å²) in [6.07, 6.45) is 1.82. The Bertz CT molecular complexity index is 2390. The van der Waals surface area contributed by atoms with Gasteiger partial charge in [0.25, 0.3) is 0 Å². The van der Waals surface area contributed by atoms with Gasteiger partial charge in [-0.2, -0.15) is 0 Å². The van der Waals surface area contributed by atoms with Gasteiger partial charge in [0, 0.05) is 23.9 Å². The standard InChI is InChI=1S/C46H48ClN4O8PSi/c1-6-24-58-45(55)44(60(35-16-10-7-11-17-35,36-18-12-8-13-19-36)37-20-14-9-15-21-37)51-39(42(43(51)54)31(2)59-61(3,4)5)27-40(52)33-23-22-32(38(47)25-33)26-41(53)49-29-34-28-48-30-50(34)46(56)57/h6-23,25,28,30-31,39,42H,1,24,26-27,29H2,2-5H3,(H,49,53)(H,56,57)/t31-,39-,42-/m1/s1. The molecule has 0 unspecified atom stereocenters. The minimum atomic E-state index is -3.25. The van der Waals surface area contributed by atoms with Crippen molar-refractivity contribution in [3.63, 3.8) is 0 Å². The zero-order chi connectivity index (χ0) is 43.9. The number of carboxylic acid groups (broad SMARTS) is 1. The van der Waals surface area contributed by atoms with Crippen LogP contribution in [-0.2, 0) is 36.5 Å². The van der Waals surface area contributed by atoms with Crippen LogP contribution in [0.4, 0.5) is 4.79 Å². The third-order valence-electron chi connectivity index (χ3n) is 10.3. The van der Waals surface area contributed by atoms with Gasteiger partial charge in [-0.1, -0.05) is 127 Å². The number of nitrogens with one attached hydrogen (secondary N) is 1. The molecule has 4 aromatic carbocycles. The molecule has 1 aliphatic heterocycles. The number of rotatable bonds is 17. The molecule has 15 heteroatoms. The average molecular weight is 879 g/mol. The molecule has 6 rings (SSSR count). The lowest BCUT2D eigenvalue weighted by molar-refractivity contribution is -0.156. The van der Waals surface area contributed by atoms with Gasteiger partial charge in [-0.25, -0.2) is 19.1 Å². The highest BCUT2D eigenvalue weighted by Crippen LogP contribution is 2.50. The van der Waals surface area contributed by atoms with E-state index in [0.29, 0.717) is 5.56 Å². The highest BCUT2D eigenvalue weighted by atomic mass is 35.5. The van der Waals surface area contributed by atoms with E-state index in [9.17, 15) is 29.1 Å². The number of ketones is 1. The van der Waals surface area contributed by atoms with Gasteiger partial charge < -0.3 is 24.5 Å². The number of halogens is 1. The normalized spacial score (nSPS) is 15.6. The van der Waals surface area contributed by atoms with E-state index in [-0.39, 0.29) is 59.4 Å². The first-order chi connectivity index (χ1) is 29.2. The van der Waals surface area contributed by atoms with Crippen molar-refractivity contribution in [3.05, 3.63) is 156 Å². The number of hydrogen-bond acceptors (Lipinski definition) is 8. The molecular weight excluding hydrogens is 831 g/mol. The van der Waals surface area contributed by atoms with Crippen LogP contribution in [0.5, 0.6) is 0 Å². The van der Waals surface area contributed by atoms with Crippen LogP contribution in [0.3, 0.4) is 0 Å². The number of hydrogen-bond donors (Lipinski definition) is 2. The minimum Gasteiger partial charge on any atom is -0.464 e. The molecule has 2 amide bonds. The van der Waals surface area contributed by atoms with Crippen LogP contribution in [0.15, 0.2) is 134 Å². The molecule has 5 aromatic rings. The largest absolute Gasteiger partial charge is 0.464 e. The van der Waals surface area contributed by atoms with Gasteiger partial charge in [-0.05, 0) is 54.1 Å². The highest BCUT2D eigenvalue weighted by Gasteiger charge is 2.56. The van der Waals surface area contributed by atoms with E-state index in [0.717, 1.165) is 26.8 Å². The summed E-state index contributed by atoms with van der Waals surface area (Å²) in [6, 6.07) is 32.7. The second-order valence-corrected chi connectivity index (χ2v) is 23.7. The van der Waals surface area contributed by atoms with Crippen molar-refractivity contribution in [2.24, 2.45) is 5.92 Å². The van der Waals surface area contributed by atoms with Gasteiger partial charge >= 0.3 is 12.1 Å². The van der Waals surface area contributed by atoms with Crippen LogP contribution in [0.25, 0.3) is 0 Å². The fourth-order valence-electron chi connectivity index (χ4n) is 7.78. The van der Waals surface area contributed by atoms with E-state index < -0.39 is 51.2 Å². The monoisotopic (exact) mass is 878 g/mol. The van der Waals surface area contributed by atoms with Crippen LogP contribution in [-0.4, -0.2) is 81.7 Å². The topological polar surface area (TPSA) is 157 Å². The molecule has 0 bridgehead atoms. The highest BCUT2D eigenvalue weighted by molar-refractivity contribution is 7.96. The molecule has 316 valence electrons. The number of ether oxygens (including phenoxy) is 1. The third-order valence-corrected chi connectivity index (χ3v) is 16.0. The molecular formula is C46H48ClN4O8PSi. The Hall–Kier alpha value is -5.85. The summed E-state index contributed by atoms with van der Waals surface area (Å²) in [7, 11) is -2.21. The summed E-state index contributed by atoms with van der Waals surface area (Å²) in [5, 5.41) is 14.6. The molecule has 1 fully saturated rings. The molecule has 0 aliphatic carbocycles. The second kappa shape index (κ2) is 19.2. The van der Waals surface area contributed by atoms with E-state index in [4.69, 9.17) is 20.8 Å². The number of imidazole rings is 1. The first-order valence-corrected chi connectivity index (χ1v) is 25.3. The number of carbonyl (C=O) groups excluding carboxylic acids is 4. The molecule has 1 aromatic heterocycles. The second-order valence-electron chi connectivity index (χ2n) is 15.5. The Labute approximate surface area is 361 Å². The fourth-order valence-corrected chi connectivity index (χ4v) is 13.7. The maximum absolute atomic E-state index is 15.0. The van der Waals surface area contributed by atoms with Gasteiger partial charge in [0.1, 0.15) is 18.4 Å². The molecule has 61 heavy (non-hydrogen) atoms. The number of Topliss-reactive ketones (excluding diaryl/α,β-unsaturated/α-hetero) is 1. The molecule has 2 N–H and O–H groups in total. The lowest BCUT2D eigenvalue weighted by Gasteiger charge is -2.52. The first kappa shape index (κ1) is 44.7. The lowest BCUT2D eigenvalue weighted by atomic mass is 9.79. The molecule has 0 saturated carbocycles. The van der Waals surface area contributed by atoms with E-state index in [2.05, 4.69) is 16.9 Å². The van der Waals surface area contributed by atoms with E-state index in [1.807, 2.05) is 118 Å². The predicted molar refractivity (Wildman–Crippen MR) is 241 cm³/mol. The number of nitrogens with zero attached hydrogens (tertiary/aromatic N) is 3. The summed E-state index contributed by atoms with van der Waals surface area (Å²) in [6.45, 7) is 8.26. The number of benzene rings is 4. The molecule has 3 atom stereocenters. The number of β-lactam (4-membered cyclic amide) rings is 1. The van der Waals surface area contributed by atoms with Crippen LogP contribution >= 0.6 is 18.5 Å². The van der Waals surface area contributed by atoms with Gasteiger partial charge in [0.2, 0.25) is 11.8 Å². The smallest absolute Gasteiger partial charge is 0.417 e. The van der Waals surface area contributed by atoms with Gasteiger partial charge in [0.05, 0.1) is 42.9 Å². The van der Waals surface area contributed by atoms with Gasteiger partial charge in [-0.15, -0.1) is 0 Å². The van der Waals surface area contributed by atoms with Crippen molar-refractivity contribution in [1.82, 2.24) is 19.8 Å². The number of carbonyl (C=O) groups is 5. The number of amides is 2. The van der Waals surface area contributed by atoms with Crippen molar-refractivity contribution in [1.29, 1.82) is 0 Å². The Morgan fingerprint density at radius 2 is 1.51 bits per heavy atom. The Morgan fingerprint density at radius 3 is 2.02 bits per heavy atom. The molecule has 12 nitrogen and oxygen atoms in total. The summed E-state index contributed by atoms with van der Waals surface area (Å²) in [4.78, 5) is 74.0.